The molecule has 46 valence electrons. The van der Waals surface area contributed by atoms with Gasteiger partial charge in [0.25, 0.3) is 0 Å². The number of hydrogen-bond donors (Lipinski definition) is 0. The second kappa shape index (κ2) is 6.73. The predicted octanol–water partition coefficient (Wildman–Crippen LogP) is 2.72. The van der Waals surface area contributed by atoms with Crippen LogP contribution < -0.4 is 0 Å². The van der Waals surface area contributed by atoms with Crippen LogP contribution in [-0.2, 0) is 19.5 Å². The van der Waals surface area contributed by atoms with E-state index in [1.165, 1.54) is 0 Å². The van der Waals surface area contributed by atoms with Crippen molar-refractivity contribution in [1.82, 2.24) is 0 Å². The first-order valence-electron chi connectivity index (χ1n) is 2.01. The van der Waals surface area contributed by atoms with E-state index in [0.717, 1.165) is 5.02 Å². The topological polar surface area (TPSA) is 0 Å². The van der Waals surface area contributed by atoms with Crippen molar-refractivity contribution >= 4 is 28.6 Å². The summed E-state index contributed by atoms with van der Waals surface area (Å²) in [5, 5.41) is 0.738. The van der Waals surface area contributed by atoms with Crippen molar-refractivity contribution in [1.29, 1.82) is 0 Å². The smallest absolute Gasteiger partial charge is 0 e. The molecule has 0 bridgehead atoms. The van der Waals surface area contributed by atoms with E-state index in [2.05, 4.69) is 6.07 Å². The van der Waals surface area contributed by atoms with Gasteiger partial charge in [0.15, 0.2) is 0 Å². The Bertz CT molecular complexity index is 143. The summed E-state index contributed by atoms with van der Waals surface area (Å²) in [4.78, 5) is 0. The maximum atomic E-state index is 5.51. The fraction of sp³-hybridized carbons (Fsp3) is 0. The molecule has 0 unspecified atom stereocenters. The van der Waals surface area contributed by atoms with Crippen molar-refractivity contribution in [3.8, 4) is 0 Å². The largest absolute Gasteiger partial charge is 0.182 e. The summed E-state index contributed by atoms with van der Waals surface area (Å²) in [7, 11) is 0. The standard InChI is InChI=1S/C6H4Cl.BrH.Zn/c7-6-4-2-1-3-5-6;;/h1-2,4-5H;1H;/q-1;;. The van der Waals surface area contributed by atoms with E-state index in [0.29, 0.717) is 0 Å². The molecular weight excluding hydrogens is 253 g/mol. The van der Waals surface area contributed by atoms with E-state index in [9.17, 15) is 0 Å². The van der Waals surface area contributed by atoms with Crippen molar-refractivity contribution in [2.24, 2.45) is 0 Å². The van der Waals surface area contributed by atoms with Gasteiger partial charge in [-0.05, 0) is 0 Å². The summed E-state index contributed by atoms with van der Waals surface area (Å²) in [5.74, 6) is 0. The third-order valence-electron chi connectivity index (χ3n) is 0.669. The summed E-state index contributed by atoms with van der Waals surface area (Å²) in [6.07, 6.45) is 0. The van der Waals surface area contributed by atoms with Crippen LogP contribution in [0.15, 0.2) is 24.3 Å². The van der Waals surface area contributed by atoms with Gasteiger partial charge in [0.2, 0.25) is 0 Å². The summed E-state index contributed by atoms with van der Waals surface area (Å²) in [6.45, 7) is 0. The average Bonchev–Trinajstić information content (AvgIpc) is 1.69. The third-order valence-corrected chi connectivity index (χ3v) is 0.904. The normalized spacial score (nSPS) is 6.78. The summed E-state index contributed by atoms with van der Waals surface area (Å²) in [5.41, 5.74) is 0. The van der Waals surface area contributed by atoms with Crippen molar-refractivity contribution in [2.45, 2.75) is 0 Å². The zero-order chi connectivity index (χ0) is 5.11. The molecule has 1 rings (SSSR count). The van der Waals surface area contributed by atoms with E-state index in [1.54, 1.807) is 6.07 Å². The molecule has 1 aromatic carbocycles. The van der Waals surface area contributed by atoms with Crippen LogP contribution in [0.2, 0.25) is 5.02 Å². The zero-order valence-corrected chi connectivity index (χ0v) is 10.2. The van der Waals surface area contributed by atoms with Crippen LogP contribution in [0, 0.1) is 6.07 Å². The minimum absolute atomic E-state index is 0. The van der Waals surface area contributed by atoms with Crippen molar-refractivity contribution in [3.05, 3.63) is 35.4 Å². The number of halogens is 2. The minimum Gasteiger partial charge on any atom is -0.182 e. The van der Waals surface area contributed by atoms with Crippen LogP contribution in [0.5, 0.6) is 0 Å². The molecule has 0 aliphatic carbocycles. The van der Waals surface area contributed by atoms with Crippen LogP contribution in [0.25, 0.3) is 0 Å². The Hall–Kier alpha value is 0.613. The predicted molar refractivity (Wildman–Crippen MR) is 40.6 cm³/mol. The van der Waals surface area contributed by atoms with Gasteiger partial charge in [0.05, 0.1) is 0 Å². The molecule has 0 radical (unpaired) electrons. The Labute approximate surface area is 83.1 Å². The first kappa shape index (κ1) is 12.3. The Morgan fingerprint density at radius 1 is 1.44 bits per heavy atom. The van der Waals surface area contributed by atoms with E-state index in [4.69, 9.17) is 11.6 Å². The zero-order valence-electron chi connectivity index (χ0n) is 4.80. The fourth-order valence-corrected chi connectivity index (χ4v) is 0.507. The van der Waals surface area contributed by atoms with Gasteiger partial charge in [-0.2, -0.15) is 41.9 Å². The maximum Gasteiger partial charge on any atom is 0 e. The second-order valence-electron chi connectivity index (χ2n) is 1.22. The van der Waals surface area contributed by atoms with E-state index in [-0.39, 0.29) is 36.5 Å². The van der Waals surface area contributed by atoms with Gasteiger partial charge in [-0.15, -0.1) is 17.0 Å². The summed E-state index contributed by atoms with van der Waals surface area (Å²) >= 11 is 5.51. The molecule has 0 aliphatic heterocycles. The number of hydrogen-bond acceptors (Lipinski definition) is 0. The van der Waals surface area contributed by atoms with Gasteiger partial charge in [0.1, 0.15) is 0 Å². The number of rotatable bonds is 0. The molecule has 0 heterocycles. The van der Waals surface area contributed by atoms with Crippen LogP contribution in [0.3, 0.4) is 0 Å². The van der Waals surface area contributed by atoms with Gasteiger partial charge in [-0.25, -0.2) is 0 Å². The quantitative estimate of drug-likeness (QED) is 0.495. The minimum atomic E-state index is 0. The Balaban J connectivity index is 0. The van der Waals surface area contributed by atoms with Crippen LogP contribution in [0.4, 0.5) is 0 Å². The maximum absolute atomic E-state index is 5.51. The summed E-state index contributed by atoms with van der Waals surface area (Å²) < 4.78 is 0. The molecule has 0 N–H and O–H groups in total. The molecule has 0 nitrogen and oxygen atoms in total. The second-order valence-corrected chi connectivity index (χ2v) is 1.66. The molecule has 0 saturated carbocycles. The van der Waals surface area contributed by atoms with Crippen LogP contribution in [-0.4, -0.2) is 0 Å². The average molecular weight is 258 g/mol. The molecule has 0 aliphatic rings. The molecule has 0 spiro atoms. The molecule has 0 amide bonds. The van der Waals surface area contributed by atoms with Gasteiger partial charge in [-0.1, -0.05) is 5.02 Å². The van der Waals surface area contributed by atoms with Crippen molar-refractivity contribution in [3.63, 3.8) is 0 Å². The Kier molecular flexibility index (Phi) is 9.20. The third kappa shape index (κ3) is 5.08. The molecular formula is C6H5BrClZn-. The van der Waals surface area contributed by atoms with Gasteiger partial charge in [-0.3, -0.25) is 0 Å². The SMILES string of the molecule is Br.Clc1c[c-]ccc1.[Zn]. The van der Waals surface area contributed by atoms with Crippen LogP contribution in [0.1, 0.15) is 0 Å². The van der Waals surface area contributed by atoms with Crippen LogP contribution >= 0.6 is 28.6 Å². The molecule has 0 atom stereocenters. The molecule has 1 aromatic rings. The molecule has 0 saturated heterocycles. The first-order chi connectivity index (χ1) is 3.39. The van der Waals surface area contributed by atoms with Crippen molar-refractivity contribution < 1.29 is 19.5 Å². The summed E-state index contributed by atoms with van der Waals surface area (Å²) in [6, 6.07) is 10.0. The van der Waals surface area contributed by atoms with E-state index >= 15 is 0 Å². The van der Waals surface area contributed by atoms with Gasteiger partial charge >= 0.3 is 0 Å². The molecule has 3 heteroatoms. The monoisotopic (exact) mass is 255 g/mol. The number of benzene rings is 1. The van der Waals surface area contributed by atoms with Gasteiger partial charge < -0.3 is 0 Å². The van der Waals surface area contributed by atoms with Crippen molar-refractivity contribution in [2.75, 3.05) is 0 Å². The van der Waals surface area contributed by atoms with E-state index < -0.39 is 0 Å². The molecule has 0 fully saturated rings. The molecule has 9 heavy (non-hydrogen) atoms. The first-order valence-corrected chi connectivity index (χ1v) is 2.39. The molecule has 0 aromatic heterocycles. The van der Waals surface area contributed by atoms with Gasteiger partial charge in [0, 0.05) is 19.5 Å². The van der Waals surface area contributed by atoms with E-state index in [1.807, 2.05) is 18.2 Å². The fourth-order valence-electron chi connectivity index (χ4n) is 0.371. The Morgan fingerprint density at radius 3 is 2.33 bits per heavy atom. The Morgan fingerprint density at radius 2 is 2.11 bits per heavy atom.